The zero-order chi connectivity index (χ0) is 15.3. The fourth-order valence-corrected chi connectivity index (χ4v) is 3.93. The molecule has 1 fully saturated rings. The van der Waals surface area contributed by atoms with Crippen molar-refractivity contribution in [2.24, 2.45) is 5.92 Å². The zero-order valence-corrected chi connectivity index (χ0v) is 12.6. The molecule has 0 bridgehead atoms. The Labute approximate surface area is 122 Å². The predicted octanol–water partition coefficient (Wildman–Crippen LogP) is 5.25. The maximum absolute atomic E-state index is 12.3. The average molecular weight is 303 g/mol. The van der Waals surface area contributed by atoms with E-state index in [0.717, 1.165) is 11.1 Å². The normalized spacial score (nSPS) is 33.0. The Morgan fingerprint density at radius 3 is 2.10 bits per heavy atom. The maximum atomic E-state index is 12.3. The Morgan fingerprint density at radius 1 is 1.25 bits per heavy atom. The van der Waals surface area contributed by atoms with Gasteiger partial charge in [0, 0.05) is 11.3 Å². The van der Waals surface area contributed by atoms with Crippen LogP contribution in [0.5, 0.6) is 0 Å². The molecule has 0 radical (unpaired) electrons. The van der Waals surface area contributed by atoms with Crippen LogP contribution in [0, 0.1) is 5.92 Å². The summed E-state index contributed by atoms with van der Waals surface area (Å²) in [4.78, 5) is -0.426. The molecule has 3 unspecified atom stereocenters. The van der Waals surface area contributed by atoms with E-state index in [-0.39, 0.29) is 16.9 Å². The number of alkyl halides is 4. The maximum Gasteiger partial charge on any atom is 0.393 e. The second kappa shape index (κ2) is 4.52. The van der Waals surface area contributed by atoms with E-state index >= 15 is 0 Å². The topological polar surface area (TPSA) is 0 Å². The third kappa shape index (κ3) is 2.37. The van der Waals surface area contributed by atoms with Gasteiger partial charge in [-0.15, -0.1) is 11.6 Å². The molecule has 0 aromatic heterocycles. The van der Waals surface area contributed by atoms with Crippen molar-refractivity contribution in [3.8, 4) is 0 Å². The van der Waals surface area contributed by atoms with Crippen molar-refractivity contribution in [2.45, 2.75) is 43.7 Å². The van der Waals surface area contributed by atoms with E-state index in [1.54, 1.807) is 12.1 Å². The molecule has 0 N–H and O–H groups in total. The summed E-state index contributed by atoms with van der Waals surface area (Å²) < 4.78 is 37.0. The van der Waals surface area contributed by atoms with Gasteiger partial charge in [-0.2, -0.15) is 13.2 Å². The average Bonchev–Trinajstić information content (AvgIpc) is 2.72. The van der Waals surface area contributed by atoms with Gasteiger partial charge in [-0.05, 0) is 25.0 Å². The van der Waals surface area contributed by atoms with E-state index in [1.165, 1.54) is 12.1 Å². The second-order valence-electron chi connectivity index (χ2n) is 6.05. The fraction of sp³-hybridized carbons (Fsp3) is 0.500. The van der Waals surface area contributed by atoms with E-state index in [2.05, 4.69) is 6.58 Å². The standard InChI is InChI=1S/C16H18ClF3/c1-10(2)13-14(3,15(13,4)17)12-7-5-11(6-8-12)9-16(18,19)20/h5-8,13H,1,9H2,2-4H3. The summed E-state index contributed by atoms with van der Waals surface area (Å²) in [5.74, 6) is 0.144. The van der Waals surface area contributed by atoms with E-state index in [4.69, 9.17) is 11.6 Å². The third-order valence-corrected chi connectivity index (χ3v) is 5.11. The quantitative estimate of drug-likeness (QED) is 0.528. The Morgan fingerprint density at radius 2 is 1.75 bits per heavy atom. The SMILES string of the molecule is C=C(C)C1C(C)(Cl)C1(C)c1ccc(CC(F)(F)F)cc1. The van der Waals surface area contributed by atoms with Crippen molar-refractivity contribution >= 4 is 11.6 Å². The first kappa shape index (κ1) is 15.4. The van der Waals surface area contributed by atoms with Gasteiger partial charge in [-0.3, -0.25) is 0 Å². The molecule has 4 heteroatoms. The van der Waals surface area contributed by atoms with Gasteiger partial charge in [0.1, 0.15) is 0 Å². The lowest BCUT2D eigenvalue weighted by atomic mass is 9.91. The summed E-state index contributed by atoms with van der Waals surface area (Å²) in [5.41, 5.74) is 1.98. The molecule has 0 spiro atoms. The summed E-state index contributed by atoms with van der Waals surface area (Å²) in [7, 11) is 0. The summed E-state index contributed by atoms with van der Waals surface area (Å²) in [6, 6.07) is 6.58. The van der Waals surface area contributed by atoms with E-state index < -0.39 is 17.5 Å². The molecule has 0 amide bonds. The van der Waals surface area contributed by atoms with E-state index in [9.17, 15) is 13.2 Å². The molecule has 1 aromatic carbocycles. The minimum Gasteiger partial charge on any atom is -0.171 e. The molecular formula is C16H18ClF3. The van der Waals surface area contributed by atoms with Crippen LogP contribution in [0.15, 0.2) is 36.4 Å². The van der Waals surface area contributed by atoms with Gasteiger partial charge in [0.25, 0.3) is 0 Å². The van der Waals surface area contributed by atoms with Crippen molar-refractivity contribution < 1.29 is 13.2 Å². The molecule has 2 rings (SSSR count). The van der Waals surface area contributed by atoms with Crippen molar-refractivity contribution in [3.63, 3.8) is 0 Å². The number of hydrogen-bond donors (Lipinski definition) is 0. The molecule has 3 atom stereocenters. The largest absolute Gasteiger partial charge is 0.393 e. The number of benzene rings is 1. The highest BCUT2D eigenvalue weighted by Gasteiger charge is 2.71. The fourth-order valence-electron chi connectivity index (χ4n) is 3.36. The van der Waals surface area contributed by atoms with Crippen molar-refractivity contribution in [3.05, 3.63) is 47.5 Å². The lowest BCUT2D eigenvalue weighted by molar-refractivity contribution is -0.127. The van der Waals surface area contributed by atoms with Gasteiger partial charge in [0.15, 0.2) is 0 Å². The van der Waals surface area contributed by atoms with Gasteiger partial charge in [-0.1, -0.05) is 43.3 Å². The Hall–Kier alpha value is -0.960. The zero-order valence-electron chi connectivity index (χ0n) is 11.8. The minimum absolute atomic E-state index is 0.144. The van der Waals surface area contributed by atoms with Crippen LogP contribution in [0.3, 0.4) is 0 Å². The Balaban J connectivity index is 2.26. The first-order chi connectivity index (χ1) is 9.00. The monoisotopic (exact) mass is 302 g/mol. The number of halogens is 4. The molecule has 1 aromatic rings. The molecule has 0 aliphatic heterocycles. The molecule has 1 aliphatic carbocycles. The Kier molecular flexibility index (Phi) is 3.49. The van der Waals surface area contributed by atoms with Crippen molar-refractivity contribution in [1.82, 2.24) is 0 Å². The van der Waals surface area contributed by atoms with Crippen LogP contribution in [0.25, 0.3) is 0 Å². The van der Waals surface area contributed by atoms with E-state index in [1.807, 2.05) is 20.8 Å². The van der Waals surface area contributed by atoms with Gasteiger partial charge >= 0.3 is 6.18 Å². The van der Waals surface area contributed by atoms with Crippen molar-refractivity contribution in [1.29, 1.82) is 0 Å². The summed E-state index contributed by atoms with van der Waals surface area (Å²) in [5, 5.41) is 0. The van der Waals surface area contributed by atoms with Crippen LogP contribution in [0.2, 0.25) is 0 Å². The summed E-state index contributed by atoms with van der Waals surface area (Å²) >= 11 is 6.55. The van der Waals surface area contributed by atoms with Crippen LogP contribution in [-0.2, 0) is 11.8 Å². The highest BCUT2D eigenvalue weighted by Crippen LogP contribution is 2.69. The summed E-state index contributed by atoms with van der Waals surface area (Å²) in [6.07, 6.45) is -5.07. The van der Waals surface area contributed by atoms with Crippen molar-refractivity contribution in [2.75, 3.05) is 0 Å². The molecule has 20 heavy (non-hydrogen) atoms. The first-order valence-corrected chi connectivity index (χ1v) is 6.88. The smallest absolute Gasteiger partial charge is 0.171 e. The van der Waals surface area contributed by atoms with Crippen LogP contribution in [0.1, 0.15) is 31.9 Å². The van der Waals surface area contributed by atoms with Gasteiger partial charge in [0.05, 0.1) is 11.3 Å². The van der Waals surface area contributed by atoms with Crippen LogP contribution in [0.4, 0.5) is 13.2 Å². The third-order valence-electron chi connectivity index (χ3n) is 4.50. The minimum atomic E-state index is -4.17. The molecule has 110 valence electrons. The number of rotatable bonds is 3. The summed E-state index contributed by atoms with van der Waals surface area (Å²) in [6.45, 7) is 9.90. The molecule has 0 heterocycles. The molecule has 0 saturated heterocycles. The number of allylic oxidation sites excluding steroid dienone is 1. The molecule has 0 nitrogen and oxygen atoms in total. The first-order valence-electron chi connectivity index (χ1n) is 6.50. The van der Waals surface area contributed by atoms with Gasteiger partial charge in [0.2, 0.25) is 0 Å². The molecule has 1 aliphatic rings. The van der Waals surface area contributed by atoms with Crippen LogP contribution in [-0.4, -0.2) is 11.1 Å². The predicted molar refractivity (Wildman–Crippen MR) is 76.1 cm³/mol. The van der Waals surface area contributed by atoms with Gasteiger partial charge in [-0.25, -0.2) is 0 Å². The highest BCUT2D eigenvalue weighted by atomic mass is 35.5. The Bertz CT molecular complexity index is 528. The van der Waals surface area contributed by atoms with E-state index in [0.29, 0.717) is 0 Å². The second-order valence-corrected chi connectivity index (χ2v) is 6.83. The van der Waals surface area contributed by atoms with Crippen LogP contribution < -0.4 is 0 Å². The highest BCUT2D eigenvalue weighted by molar-refractivity contribution is 6.28. The van der Waals surface area contributed by atoms with Gasteiger partial charge < -0.3 is 0 Å². The lowest BCUT2D eigenvalue weighted by Gasteiger charge is -2.15. The molecular weight excluding hydrogens is 285 g/mol. The van der Waals surface area contributed by atoms with Crippen LogP contribution >= 0.6 is 11.6 Å². The lowest BCUT2D eigenvalue weighted by Crippen LogP contribution is -2.14. The molecule has 1 saturated carbocycles. The number of hydrogen-bond acceptors (Lipinski definition) is 0.